The Bertz CT molecular complexity index is 888. The van der Waals surface area contributed by atoms with Crippen molar-refractivity contribution in [1.29, 1.82) is 0 Å². The monoisotopic (exact) mass is 451 g/mol. The summed E-state index contributed by atoms with van der Waals surface area (Å²) in [6.45, 7) is 10.6. The minimum absolute atomic E-state index is 0.188. The van der Waals surface area contributed by atoms with Gasteiger partial charge in [-0.1, -0.05) is 41.0 Å². The van der Waals surface area contributed by atoms with Gasteiger partial charge in [0.1, 0.15) is 17.7 Å². The second-order valence-electron chi connectivity index (χ2n) is 9.09. The number of thiazole rings is 1. The van der Waals surface area contributed by atoms with Gasteiger partial charge in [0.05, 0.1) is 6.42 Å². The van der Waals surface area contributed by atoms with Crippen molar-refractivity contribution in [1.82, 2.24) is 10.3 Å². The van der Waals surface area contributed by atoms with Crippen molar-refractivity contribution in [2.24, 2.45) is 5.41 Å². The van der Waals surface area contributed by atoms with E-state index in [1.54, 1.807) is 6.20 Å². The number of halogens is 2. The van der Waals surface area contributed by atoms with Crippen molar-refractivity contribution >= 4 is 28.3 Å². The van der Waals surface area contributed by atoms with Crippen molar-refractivity contribution in [2.45, 2.75) is 72.3 Å². The molecule has 0 aliphatic carbocycles. The van der Waals surface area contributed by atoms with Crippen LogP contribution in [0.3, 0.4) is 0 Å². The topological polar surface area (TPSA) is 71.1 Å². The molecule has 2 rings (SSSR count). The smallest absolute Gasteiger partial charge is 0.248 e. The number of carbonyl (C=O) groups excluding carboxylic acids is 2. The van der Waals surface area contributed by atoms with Crippen LogP contribution >= 0.6 is 11.3 Å². The highest BCUT2D eigenvalue weighted by Crippen LogP contribution is 2.34. The maximum absolute atomic E-state index is 13.3. The molecular weight excluding hydrogens is 420 g/mol. The Morgan fingerprint density at radius 1 is 1.16 bits per heavy atom. The van der Waals surface area contributed by atoms with Gasteiger partial charge < -0.3 is 10.6 Å². The molecule has 0 saturated carbocycles. The lowest BCUT2D eigenvalue weighted by molar-refractivity contribution is -0.126. The second kappa shape index (κ2) is 10.8. The zero-order chi connectivity index (χ0) is 23.2. The summed E-state index contributed by atoms with van der Waals surface area (Å²) >= 11 is 1.43. The van der Waals surface area contributed by atoms with Crippen molar-refractivity contribution < 1.29 is 18.4 Å². The zero-order valence-corrected chi connectivity index (χ0v) is 19.5. The minimum atomic E-state index is -0.754. The molecule has 1 aromatic heterocycles. The zero-order valence-electron chi connectivity index (χ0n) is 18.7. The van der Waals surface area contributed by atoms with E-state index in [1.165, 1.54) is 11.3 Å². The van der Waals surface area contributed by atoms with Crippen molar-refractivity contribution in [3.05, 3.63) is 46.5 Å². The number of nitrogens with zero attached hydrogens (tertiary/aromatic N) is 1. The molecule has 2 amide bonds. The third-order valence-electron chi connectivity index (χ3n) is 4.67. The summed E-state index contributed by atoms with van der Waals surface area (Å²) in [6.07, 6.45) is 3.68. The van der Waals surface area contributed by atoms with Gasteiger partial charge in [-0.3, -0.25) is 9.59 Å². The molecule has 0 aliphatic heterocycles. The molecule has 1 aromatic carbocycles. The van der Waals surface area contributed by atoms with Gasteiger partial charge in [0, 0.05) is 17.1 Å². The van der Waals surface area contributed by atoms with Crippen LogP contribution in [0, 0.1) is 17.0 Å². The van der Waals surface area contributed by atoms with Crippen molar-refractivity contribution in [2.75, 3.05) is 5.32 Å². The van der Waals surface area contributed by atoms with Crippen LogP contribution in [-0.4, -0.2) is 22.8 Å². The van der Waals surface area contributed by atoms with Crippen molar-refractivity contribution in [3.8, 4) is 0 Å². The number of hydrogen-bond donors (Lipinski definition) is 2. The Hall–Kier alpha value is -2.35. The van der Waals surface area contributed by atoms with Crippen LogP contribution in [-0.2, 0) is 16.0 Å². The van der Waals surface area contributed by atoms with Crippen LogP contribution in [0.1, 0.15) is 70.2 Å². The molecule has 0 aliphatic rings. The van der Waals surface area contributed by atoms with E-state index in [2.05, 4.69) is 43.3 Å². The van der Waals surface area contributed by atoms with E-state index >= 15 is 0 Å². The number of amides is 2. The maximum Gasteiger partial charge on any atom is 0.248 e. The van der Waals surface area contributed by atoms with Gasteiger partial charge in [0.2, 0.25) is 11.8 Å². The molecule has 2 N–H and O–H groups in total. The fourth-order valence-electron chi connectivity index (χ4n) is 3.49. The third kappa shape index (κ3) is 8.36. The molecule has 2 unspecified atom stereocenters. The summed E-state index contributed by atoms with van der Waals surface area (Å²) in [4.78, 5) is 30.5. The molecular formula is C23H31F2N3O2S. The summed E-state index contributed by atoms with van der Waals surface area (Å²) in [5.74, 6) is -2.00. The molecule has 0 bridgehead atoms. The van der Waals surface area contributed by atoms with Gasteiger partial charge in [-0.2, -0.15) is 0 Å². The molecule has 31 heavy (non-hydrogen) atoms. The predicted molar refractivity (Wildman–Crippen MR) is 120 cm³/mol. The predicted octanol–water partition coefficient (Wildman–Crippen LogP) is 5.43. The molecule has 0 radical (unpaired) electrons. The average Bonchev–Trinajstić information content (AvgIpc) is 3.07. The van der Waals surface area contributed by atoms with Crippen LogP contribution in [0.25, 0.3) is 0 Å². The molecule has 2 atom stereocenters. The summed E-state index contributed by atoms with van der Waals surface area (Å²) < 4.78 is 26.7. The molecule has 0 spiro atoms. The lowest BCUT2D eigenvalue weighted by Crippen LogP contribution is -2.44. The maximum atomic E-state index is 13.3. The average molecular weight is 452 g/mol. The van der Waals surface area contributed by atoms with Crippen LogP contribution in [0.15, 0.2) is 24.4 Å². The first-order valence-corrected chi connectivity index (χ1v) is 11.3. The van der Waals surface area contributed by atoms with E-state index in [0.29, 0.717) is 23.9 Å². The first kappa shape index (κ1) is 24.9. The quantitative estimate of drug-likeness (QED) is 0.534. The lowest BCUT2D eigenvalue weighted by Gasteiger charge is -2.22. The van der Waals surface area contributed by atoms with Gasteiger partial charge >= 0.3 is 0 Å². The molecule has 0 saturated heterocycles. The van der Waals surface area contributed by atoms with E-state index in [4.69, 9.17) is 0 Å². The van der Waals surface area contributed by atoms with Crippen LogP contribution < -0.4 is 10.6 Å². The van der Waals surface area contributed by atoms with Crippen LogP contribution in [0.4, 0.5) is 13.9 Å². The van der Waals surface area contributed by atoms with Gasteiger partial charge in [-0.15, -0.1) is 11.3 Å². The Morgan fingerprint density at radius 2 is 1.81 bits per heavy atom. The van der Waals surface area contributed by atoms with Gasteiger partial charge in [-0.25, -0.2) is 13.8 Å². The van der Waals surface area contributed by atoms with Gasteiger partial charge in [0.25, 0.3) is 0 Å². The number of hydrogen-bond acceptors (Lipinski definition) is 4. The largest absolute Gasteiger partial charge is 0.344 e. The highest BCUT2D eigenvalue weighted by atomic mass is 32.1. The highest BCUT2D eigenvalue weighted by Gasteiger charge is 2.23. The second-order valence-corrected chi connectivity index (χ2v) is 10.1. The number of aromatic nitrogens is 1. The van der Waals surface area contributed by atoms with Gasteiger partial charge in [0.15, 0.2) is 5.13 Å². The standard InChI is InChI=1S/C23H31F2N3O2S/c1-6-7-18(27-20(29)10-15-8-16(24)11-17(25)9-15)21(30)28-22-26-13-19(31-22)14(2)12-23(3,4)5/h8-9,11,13-14,18H,6-7,10,12H2,1-5H3,(H,27,29)(H,26,28,30). The van der Waals surface area contributed by atoms with E-state index in [0.717, 1.165) is 29.5 Å². The molecule has 1 heterocycles. The third-order valence-corrected chi connectivity index (χ3v) is 5.82. The molecule has 0 fully saturated rings. The Kier molecular flexibility index (Phi) is 8.68. The molecule has 2 aromatic rings. The minimum Gasteiger partial charge on any atom is -0.344 e. The summed E-state index contributed by atoms with van der Waals surface area (Å²) in [5, 5.41) is 5.94. The lowest BCUT2D eigenvalue weighted by atomic mass is 9.85. The number of rotatable bonds is 9. The summed E-state index contributed by atoms with van der Waals surface area (Å²) in [6, 6.07) is 2.20. The highest BCUT2D eigenvalue weighted by molar-refractivity contribution is 7.15. The van der Waals surface area contributed by atoms with Crippen LogP contribution in [0.5, 0.6) is 0 Å². The molecule has 8 heteroatoms. The summed E-state index contributed by atoms with van der Waals surface area (Å²) in [7, 11) is 0. The number of anilines is 1. The Labute approximate surface area is 186 Å². The van der Waals surface area contributed by atoms with Crippen LogP contribution in [0.2, 0.25) is 0 Å². The fraction of sp³-hybridized carbons (Fsp3) is 0.522. The molecule has 170 valence electrons. The van der Waals surface area contributed by atoms with E-state index in [1.807, 2.05) is 6.92 Å². The first-order valence-electron chi connectivity index (χ1n) is 10.5. The Morgan fingerprint density at radius 3 is 2.39 bits per heavy atom. The Balaban J connectivity index is 1.99. The normalized spacial score (nSPS) is 13.5. The summed E-state index contributed by atoms with van der Waals surface area (Å²) in [5.41, 5.74) is 0.400. The fourth-order valence-corrected chi connectivity index (χ4v) is 4.36. The van der Waals surface area contributed by atoms with E-state index in [9.17, 15) is 18.4 Å². The van der Waals surface area contributed by atoms with E-state index < -0.39 is 23.6 Å². The van der Waals surface area contributed by atoms with E-state index in [-0.39, 0.29) is 23.3 Å². The number of nitrogens with one attached hydrogen (secondary N) is 2. The van der Waals surface area contributed by atoms with Gasteiger partial charge in [-0.05, 0) is 41.9 Å². The number of benzene rings is 1. The van der Waals surface area contributed by atoms with Crippen molar-refractivity contribution in [3.63, 3.8) is 0 Å². The molecule has 5 nitrogen and oxygen atoms in total. The SMILES string of the molecule is CCCC(NC(=O)Cc1cc(F)cc(F)c1)C(=O)Nc1ncc(C(C)CC(C)(C)C)s1. The number of carbonyl (C=O) groups is 2. The first-order chi connectivity index (χ1) is 14.5.